The molecule has 0 aromatic carbocycles. The number of amidine groups is 1. The Morgan fingerprint density at radius 2 is 2.46 bits per heavy atom. The molecule has 1 unspecified atom stereocenters. The number of rotatable bonds is 1. The Bertz CT molecular complexity index is 343. The van der Waals surface area contributed by atoms with Crippen LogP contribution < -0.4 is 0 Å². The molecule has 2 aliphatic heterocycles. The van der Waals surface area contributed by atoms with Crippen molar-refractivity contribution in [1.29, 1.82) is 0 Å². The van der Waals surface area contributed by atoms with Crippen molar-refractivity contribution >= 4 is 17.5 Å². The van der Waals surface area contributed by atoms with Crippen LogP contribution in [0.15, 0.2) is 22.2 Å². The van der Waals surface area contributed by atoms with Crippen molar-refractivity contribution < 1.29 is 9.90 Å². The zero-order valence-electron chi connectivity index (χ0n) is 7.14. The van der Waals surface area contributed by atoms with Crippen LogP contribution in [-0.4, -0.2) is 40.2 Å². The van der Waals surface area contributed by atoms with Crippen LogP contribution in [0.2, 0.25) is 0 Å². The molecular weight excluding hydrogens is 170 g/mol. The smallest absolute Gasteiger partial charge is 0.330 e. The first-order chi connectivity index (χ1) is 6.16. The van der Waals surface area contributed by atoms with Crippen LogP contribution in [0.1, 0.15) is 6.92 Å². The highest BCUT2D eigenvalue weighted by Crippen LogP contribution is 2.14. The molecule has 5 nitrogen and oxygen atoms in total. The molecule has 1 atom stereocenters. The molecule has 0 spiro atoms. The van der Waals surface area contributed by atoms with Crippen LogP contribution in [0, 0.1) is 0 Å². The SMILES string of the molecule is CC1=NN2CC(C(=O)O)N=C2C=C1. The summed E-state index contributed by atoms with van der Waals surface area (Å²) in [5.74, 6) is -0.263. The van der Waals surface area contributed by atoms with E-state index in [2.05, 4.69) is 10.1 Å². The standard InChI is InChI=1S/C8H9N3O2/c1-5-2-3-7-9-6(8(12)13)4-11(7)10-5/h2-3,6H,4H2,1H3,(H,12,13). The van der Waals surface area contributed by atoms with Crippen LogP contribution in [0.5, 0.6) is 0 Å². The normalized spacial score (nSPS) is 25.3. The molecule has 0 bridgehead atoms. The second kappa shape index (κ2) is 2.69. The molecule has 0 radical (unpaired) electrons. The zero-order valence-corrected chi connectivity index (χ0v) is 7.14. The number of aliphatic carboxylic acids is 1. The van der Waals surface area contributed by atoms with E-state index in [4.69, 9.17) is 5.11 Å². The fourth-order valence-corrected chi connectivity index (χ4v) is 1.30. The second-order valence-corrected chi connectivity index (χ2v) is 3.00. The summed E-state index contributed by atoms with van der Waals surface area (Å²) in [7, 11) is 0. The van der Waals surface area contributed by atoms with Gasteiger partial charge in [0, 0.05) is 0 Å². The lowest BCUT2D eigenvalue weighted by atomic mass is 10.3. The molecule has 0 saturated carbocycles. The second-order valence-electron chi connectivity index (χ2n) is 3.00. The molecule has 2 aliphatic rings. The van der Waals surface area contributed by atoms with Gasteiger partial charge in [0.05, 0.1) is 12.3 Å². The number of carboxylic acids is 1. The summed E-state index contributed by atoms with van der Waals surface area (Å²) in [6, 6.07) is -0.672. The van der Waals surface area contributed by atoms with Gasteiger partial charge in [-0.15, -0.1) is 0 Å². The number of carboxylic acid groups (broad SMARTS) is 1. The first-order valence-corrected chi connectivity index (χ1v) is 3.98. The topological polar surface area (TPSA) is 65.3 Å². The van der Waals surface area contributed by atoms with Crippen molar-refractivity contribution in [2.45, 2.75) is 13.0 Å². The Hall–Kier alpha value is -1.65. The number of hydrazone groups is 1. The van der Waals surface area contributed by atoms with Crippen molar-refractivity contribution in [3.05, 3.63) is 12.2 Å². The van der Waals surface area contributed by atoms with Crippen LogP contribution >= 0.6 is 0 Å². The molecule has 2 rings (SSSR count). The Labute approximate surface area is 75.1 Å². The van der Waals surface area contributed by atoms with Gasteiger partial charge in [0.25, 0.3) is 0 Å². The van der Waals surface area contributed by atoms with E-state index in [9.17, 15) is 4.79 Å². The molecular formula is C8H9N3O2. The van der Waals surface area contributed by atoms with Gasteiger partial charge in [0.1, 0.15) is 5.84 Å². The maximum atomic E-state index is 10.6. The fourth-order valence-electron chi connectivity index (χ4n) is 1.30. The summed E-state index contributed by atoms with van der Waals surface area (Å²) in [5.41, 5.74) is 0.866. The molecule has 0 aromatic heterocycles. The lowest BCUT2D eigenvalue weighted by Gasteiger charge is -2.15. The van der Waals surface area contributed by atoms with E-state index < -0.39 is 12.0 Å². The van der Waals surface area contributed by atoms with Crippen LogP contribution in [-0.2, 0) is 4.79 Å². The number of nitrogens with zero attached hydrogens (tertiary/aromatic N) is 3. The molecule has 0 saturated heterocycles. The average molecular weight is 179 g/mol. The van der Waals surface area contributed by atoms with Crippen molar-refractivity contribution in [3.8, 4) is 0 Å². The van der Waals surface area contributed by atoms with E-state index in [1.807, 2.05) is 13.0 Å². The average Bonchev–Trinajstić information content (AvgIpc) is 2.46. The molecule has 0 aliphatic carbocycles. The Kier molecular flexibility index (Phi) is 1.65. The first kappa shape index (κ1) is 7.97. The molecule has 13 heavy (non-hydrogen) atoms. The minimum atomic E-state index is -0.900. The zero-order chi connectivity index (χ0) is 9.42. The van der Waals surface area contributed by atoms with Gasteiger partial charge in [0.2, 0.25) is 0 Å². The van der Waals surface area contributed by atoms with Crippen LogP contribution in [0.3, 0.4) is 0 Å². The highest BCUT2D eigenvalue weighted by molar-refractivity contribution is 6.06. The van der Waals surface area contributed by atoms with Crippen molar-refractivity contribution in [2.24, 2.45) is 10.1 Å². The number of hydrogen-bond acceptors (Lipinski definition) is 4. The van der Waals surface area contributed by atoms with Crippen LogP contribution in [0.25, 0.3) is 0 Å². The summed E-state index contributed by atoms with van der Waals surface area (Å²) in [5, 5.41) is 14.5. The maximum Gasteiger partial charge on any atom is 0.330 e. The number of hydrogen-bond donors (Lipinski definition) is 1. The molecule has 1 N–H and O–H groups in total. The minimum Gasteiger partial charge on any atom is -0.480 e. The first-order valence-electron chi connectivity index (χ1n) is 3.98. The fraction of sp³-hybridized carbons (Fsp3) is 0.375. The third kappa shape index (κ3) is 1.32. The third-order valence-corrected chi connectivity index (χ3v) is 1.94. The van der Waals surface area contributed by atoms with Gasteiger partial charge in [-0.2, -0.15) is 5.10 Å². The lowest BCUT2D eigenvalue weighted by Crippen LogP contribution is -2.29. The molecule has 5 heteroatoms. The summed E-state index contributed by atoms with van der Waals surface area (Å²) in [6.45, 7) is 2.20. The summed E-state index contributed by atoms with van der Waals surface area (Å²) >= 11 is 0. The third-order valence-electron chi connectivity index (χ3n) is 1.94. The van der Waals surface area contributed by atoms with Gasteiger partial charge in [-0.05, 0) is 19.1 Å². The molecule has 0 amide bonds. The lowest BCUT2D eigenvalue weighted by molar-refractivity contribution is -0.138. The highest BCUT2D eigenvalue weighted by atomic mass is 16.4. The van der Waals surface area contributed by atoms with E-state index in [-0.39, 0.29) is 0 Å². The quantitative estimate of drug-likeness (QED) is 0.620. The predicted molar refractivity (Wildman–Crippen MR) is 47.8 cm³/mol. The van der Waals surface area contributed by atoms with E-state index in [1.165, 1.54) is 0 Å². The monoisotopic (exact) mass is 179 g/mol. The maximum absolute atomic E-state index is 10.6. The van der Waals surface area contributed by atoms with Gasteiger partial charge in [-0.3, -0.25) is 0 Å². The highest BCUT2D eigenvalue weighted by Gasteiger charge is 2.29. The molecule has 0 fully saturated rings. The van der Waals surface area contributed by atoms with Gasteiger partial charge < -0.3 is 5.11 Å². The Balaban J connectivity index is 2.24. The van der Waals surface area contributed by atoms with Gasteiger partial charge in [-0.1, -0.05) is 0 Å². The van der Waals surface area contributed by atoms with Crippen molar-refractivity contribution in [1.82, 2.24) is 5.01 Å². The minimum absolute atomic E-state index is 0.340. The summed E-state index contributed by atoms with van der Waals surface area (Å²) < 4.78 is 0. The Morgan fingerprint density at radius 3 is 3.15 bits per heavy atom. The van der Waals surface area contributed by atoms with Gasteiger partial charge in [0.15, 0.2) is 6.04 Å². The number of carbonyl (C=O) groups is 1. The summed E-state index contributed by atoms with van der Waals surface area (Å²) in [6.07, 6.45) is 3.60. The van der Waals surface area contributed by atoms with E-state index >= 15 is 0 Å². The van der Waals surface area contributed by atoms with E-state index in [0.29, 0.717) is 12.4 Å². The van der Waals surface area contributed by atoms with Gasteiger partial charge >= 0.3 is 5.97 Å². The van der Waals surface area contributed by atoms with Crippen molar-refractivity contribution in [3.63, 3.8) is 0 Å². The van der Waals surface area contributed by atoms with E-state index in [0.717, 1.165) is 5.71 Å². The van der Waals surface area contributed by atoms with Crippen LogP contribution in [0.4, 0.5) is 0 Å². The molecule has 2 heterocycles. The molecule has 68 valence electrons. The van der Waals surface area contributed by atoms with E-state index in [1.54, 1.807) is 11.1 Å². The number of allylic oxidation sites excluding steroid dienone is 1. The Morgan fingerprint density at radius 1 is 1.69 bits per heavy atom. The van der Waals surface area contributed by atoms with Gasteiger partial charge in [-0.25, -0.2) is 14.8 Å². The number of aliphatic imine (C=N–C) groups is 1. The molecule has 0 aromatic rings. The predicted octanol–water partition coefficient (Wildman–Crippen LogP) is 0.0994. The summed E-state index contributed by atoms with van der Waals surface area (Å²) in [4.78, 5) is 14.6. The number of fused-ring (bicyclic) bond motifs is 1. The van der Waals surface area contributed by atoms with Crippen molar-refractivity contribution in [2.75, 3.05) is 6.54 Å². The largest absolute Gasteiger partial charge is 0.480 e.